The first kappa shape index (κ1) is 15.0. The molecule has 1 aromatic heterocycles. The molecule has 1 N–H and O–H groups in total. The van der Waals surface area contributed by atoms with Gasteiger partial charge in [-0.1, -0.05) is 0 Å². The number of carbonyl (C=O) groups excluding carboxylic acids is 1. The zero-order valence-electron chi connectivity index (χ0n) is 11.7. The highest BCUT2D eigenvalue weighted by Gasteiger charge is 2.30. The van der Waals surface area contributed by atoms with E-state index in [1.807, 2.05) is 13.8 Å². The predicted octanol–water partition coefficient (Wildman–Crippen LogP) is 2.48. The maximum absolute atomic E-state index is 12.4. The van der Waals surface area contributed by atoms with Gasteiger partial charge in [0, 0.05) is 6.54 Å². The second-order valence-electron chi connectivity index (χ2n) is 5.15. The number of aromatic carboxylic acids is 1. The lowest BCUT2D eigenvalue weighted by atomic mass is 10.2. The number of hydrogen-bond acceptors (Lipinski definition) is 4. The SMILES string of the molecule is CC(C)OCC1CCCN1C(=O)c1ccc(C(=O)O)s1. The van der Waals surface area contributed by atoms with Gasteiger partial charge in [-0.3, -0.25) is 4.79 Å². The number of likely N-dealkylation sites (tertiary alicyclic amines) is 1. The molecule has 1 atom stereocenters. The maximum atomic E-state index is 12.4. The summed E-state index contributed by atoms with van der Waals surface area (Å²) in [6.07, 6.45) is 2.05. The number of amides is 1. The van der Waals surface area contributed by atoms with Crippen molar-refractivity contribution in [2.75, 3.05) is 13.2 Å². The summed E-state index contributed by atoms with van der Waals surface area (Å²) in [6, 6.07) is 3.17. The van der Waals surface area contributed by atoms with Crippen LogP contribution in [-0.4, -0.2) is 47.2 Å². The Bertz CT molecular complexity index is 497. The number of ether oxygens (including phenoxy) is 1. The third-order valence-corrected chi connectivity index (χ3v) is 4.35. The summed E-state index contributed by atoms with van der Waals surface area (Å²) in [5.41, 5.74) is 0. The van der Waals surface area contributed by atoms with Gasteiger partial charge in [0.05, 0.1) is 23.6 Å². The van der Waals surface area contributed by atoms with Crippen LogP contribution in [0.25, 0.3) is 0 Å². The molecule has 1 unspecified atom stereocenters. The van der Waals surface area contributed by atoms with Crippen molar-refractivity contribution < 1.29 is 19.4 Å². The lowest BCUT2D eigenvalue weighted by Gasteiger charge is -2.24. The molecule has 2 heterocycles. The normalized spacial score (nSPS) is 18.8. The number of nitrogens with zero attached hydrogens (tertiary/aromatic N) is 1. The molecular formula is C14H19NO4S. The molecule has 0 aromatic carbocycles. The first-order valence-electron chi connectivity index (χ1n) is 6.74. The van der Waals surface area contributed by atoms with Gasteiger partial charge >= 0.3 is 5.97 Å². The lowest BCUT2D eigenvalue weighted by molar-refractivity contribution is 0.0328. The summed E-state index contributed by atoms with van der Waals surface area (Å²) < 4.78 is 5.60. The fourth-order valence-corrected chi connectivity index (χ4v) is 3.09. The minimum Gasteiger partial charge on any atom is -0.477 e. The fourth-order valence-electron chi connectivity index (χ4n) is 2.29. The smallest absolute Gasteiger partial charge is 0.345 e. The molecule has 1 saturated heterocycles. The number of thiophene rings is 1. The average molecular weight is 297 g/mol. The number of rotatable bonds is 5. The van der Waals surface area contributed by atoms with Crippen molar-refractivity contribution in [1.29, 1.82) is 0 Å². The highest BCUT2D eigenvalue weighted by atomic mass is 32.1. The van der Waals surface area contributed by atoms with E-state index in [2.05, 4.69) is 0 Å². The van der Waals surface area contributed by atoms with Crippen LogP contribution in [0.4, 0.5) is 0 Å². The molecule has 1 aromatic rings. The Morgan fingerprint density at radius 2 is 2.15 bits per heavy atom. The first-order chi connectivity index (χ1) is 9.49. The molecule has 0 aliphatic carbocycles. The van der Waals surface area contributed by atoms with Crippen LogP contribution < -0.4 is 0 Å². The van der Waals surface area contributed by atoms with E-state index in [0.29, 0.717) is 18.0 Å². The molecule has 20 heavy (non-hydrogen) atoms. The number of carboxylic acids is 1. The Hall–Kier alpha value is -1.40. The van der Waals surface area contributed by atoms with Crippen molar-refractivity contribution in [3.8, 4) is 0 Å². The van der Waals surface area contributed by atoms with Gasteiger partial charge in [-0.2, -0.15) is 0 Å². The summed E-state index contributed by atoms with van der Waals surface area (Å²) in [5, 5.41) is 8.91. The van der Waals surface area contributed by atoms with Crippen molar-refractivity contribution in [2.24, 2.45) is 0 Å². The summed E-state index contributed by atoms with van der Waals surface area (Å²) in [5.74, 6) is -1.08. The Morgan fingerprint density at radius 3 is 2.75 bits per heavy atom. The molecular weight excluding hydrogens is 278 g/mol. The third kappa shape index (κ3) is 3.37. The quantitative estimate of drug-likeness (QED) is 0.906. The van der Waals surface area contributed by atoms with Crippen LogP contribution >= 0.6 is 11.3 Å². The summed E-state index contributed by atoms with van der Waals surface area (Å²) in [7, 11) is 0. The van der Waals surface area contributed by atoms with Crippen molar-refractivity contribution in [2.45, 2.75) is 38.8 Å². The van der Waals surface area contributed by atoms with E-state index in [1.165, 1.54) is 6.07 Å². The summed E-state index contributed by atoms with van der Waals surface area (Å²) >= 11 is 1.03. The number of carboxylic acid groups (broad SMARTS) is 1. The van der Waals surface area contributed by atoms with E-state index in [-0.39, 0.29) is 22.9 Å². The Balaban J connectivity index is 2.04. The van der Waals surface area contributed by atoms with Crippen molar-refractivity contribution in [3.63, 3.8) is 0 Å². The molecule has 6 heteroatoms. The van der Waals surface area contributed by atoms with Gasteiger partial charge < -0.3 is 14.7 Å². The molecule has 1 amide bonds. The number of hydrogen-bond donors (Lipinski definition) is 1. The van der Waals surface area contributed by atoms with E-state index in [4.69, 9.17) is 9.84 Å². The van der Waals surface area contributed by atoms with Gasteiger partial charge in [0.1, 0.15) is 4.88 Å². The molecule has 1 aliphatic rings. The highest BCUT2D eigenvalue weighted by Crippen LogP contribution is 2.24. The van der Waals surface area contributed by atoms with Crippen LogP contribution in [-0.2, 0) is 4.74 Å². The third-order valence-electron chi connectivity index (χ3n) is 3.29. The molecule has 1 aliphatic heterocycles. The van der Waals surface area contributed by atoms with Gasteiger partial charge in [-0.25, -0.2) is 4.79 Å². The van der Waals surface area contributed by atoms with E-state index < -0.39 is 5.97 Å². The molecule has 0 radical (unpaired) electrons. The monoisotopic (exact) mass is 297 g/mol. The molecule has 110 valence electrons. The van der Waals surface area contributed by atoms with Crippen LogP contribution in [0, 0.1) is 0 Å². The maximum Gasteiger partial charge on any atom is 0.345 e. The summed E-state index contributed by atoms with van der Waals surface area (Å²) in [4.78, 5) is 25.8. The van der Waals surface area contributed by atoms with E-state index in [9.17, 15) is 9.59 Å². The zero-order chi connectivity index (χ0) is 14.7. The topological polar surface area (TPSA) is 66.8 Å². The Kier molecular flexibility index (Phi) is 4.77. The van der Waals surface area contributed by atoms with Crippen LogP contribution in [0.3, 0.4) is 0 Å². The molecule has 2 rings (SSSR count). The van der Waals surface area contributed by atoms with Crippen molar-refractivity contribution in [3.05, 3.63) is 21.9 Å². The second-order valence-corrected chi connectivity index (χ2v) is 6.23. The molecule has 0 spiro atoms. The Labute approximate surface area is 122 Å². The van der Waals surface area contributed by atoms with E-state index in [0.717, 1.165) is 24.2 Å². The van der Waals surface area contributed by atoms with Gasteiger partial charge in [0.2, 0.25) is 0 Å². The molecule has 0 saturated carbocycles. The van der Waals surface area contributed by atoms with Crippen LogP contribution in [0.2, 0.25) is 0 Å². The zero-order valence-corrected chi connectivity index (χ0v) is 12.5. The predicted molar refractivity (Wildman–Crippen MR) is 76.4 cm³/mol. The standard InChI is InChI=1S/C14H19NO4S/c1-9(2)19-8-10-4-3-7-15(10)13(16)11-5-6-12(20-11)14(17)18/h5-6,9-10H,3-4,7-8H2,1-2H3,(H,17,18). The van der Waals surface area contributed by atoms with Crippen molar-refractivity contribution in [1.82, 2.24) is 4.90 Å². The van der Waals surface area contributed by atoms with Crippen LogP contribution in [0.1, 0.15) is 46.0 Å². The van der Waals surface area contributed by atoms with E-state index in [1.54, 1.807) is 11.0 Å². The minimum atomic E-state index is -0.991. The van der Waals surface area contributed by atoms with Gasteiger partial charge in [-0.15, -0.1) is 11.3 Å². The number of carbonyl (C=O) groups is 2. The lowest BCUT2D eigenvalue weighted by Crippen LogP contribution is -2.38. The van der Waals surface area contributed by atoms with Gasteiger partial charge in [0.15, 0.2) is 0 Å². The minimum absolute atomic E-state index is 0.0858. The Morgan fingerprint density at radius 1 is 1.45 bits per heavy atom. The first-order valence-corrected chi connectivity index (χ1v) is 7.56. The van der Waals surface area contributed by atoms with Gasteiger partial charge in [-0.05, 0) is 38.8 Å². The average Bonchev–Trinajstić information content (AvgIpc) is 3.04. The van der Waals surface area contributed by atoms with Gasteiger partial charge in [0.25, 0.3) is 5.91 Å². The van der Waals surface area contributed by atoms with Crippen LogP contribution in [0.15, 0.2) is 12.1 Å². The van der Waals surface area contributed by atoms with Crippen LogP contribution in [0.5, 0.6) is 0 Å². The molecule has 1 fully saturated rings. The molecule has 5 nitrogen and oxygen atoms in total. The largest absolute Gasteiger partial charge is 0.477 e. The van der Waals surface area contributed by atoms with E-state index >= 15 is 0 Å². The second kappa shape index (κ2) is 6.37. The fraction of sp³-hybridized carbons (Fsp3) is 0.571. The molecule has 0 bridgehead atoms. The summed E-state index contributed by atoms with van der Waals surface area (Å²) in [6.45, 7) is 5.20. The highest BCUT2D eigenvalue weighted by molar-refractivity contribution is 7.15. The van der Waals surface area contributed by atoms with Crippen molar-refractivity contribution >= 4 is 23.2 Å².